The topological polar surface area (TPSA) is 141 Å². The van der Waals surface area contributed by atoms with Crippen molar-refractivity contribution < 1.29 is 46.7 Å². The number of hydrogen-bond donors (Lipinski definition) is 3. The highest BCUT2D eigenvalue weighted by molar-refractivity contribution is 6.31. The number of nitrogens with zero attached hydrogens (tertiary/aromatic N) is 6. The average Bonchev–Trinajstić information content (AvgIpc) is 3.55. The second-order valence-corrected chi connectivity index (χ2v) is 9.98. The maximum Gasteiger partial charge on any atom is 0.574 e. The van der Waals surface area contributed by atoms with Crippen LogP contribution in [0.5, 0.6) is 5.88 Å². The fourth-order valence-electron chi connectivity index (χ4n) is 4.57. The maximum absolute atomic E-state index is 14.6. The van der Waals surface area contributed by atoms with Gasteiger partial charge in [0.2, 0.25) is 5.88 Å². The molecule has 0 unspecified atom stereocenters. The van der Waals surface area contributed by atoms with Gasteiger partial charge in [-0.2, -0.15) is 10.2 Å². The molecule has 1 aromatic carbocycles. The summed E-state index contributed by atoms with van der Waals surface area (Å²) >= 11 is 11.6. The summed E-state index contributed by atoms with van der Waals surface area (Å²) in [7, 11) is 0. The minimum Gasteiger partial charge on any atom is -0.394 e. The van der Waals surface area contributed by atoms with Gasteiger partial charge >= 0.3 is 6.36 Å². The summed E-state index contributed by atoms with van der Waals surface area (Å²) in [6.45, 7) is 0.646. The molecule has 0 bridgehead atoms. The standard InChI is InChI=1S/C24H19Cl2F5N6O5/c1-9-34-22(37(35-9)14-4-11(25)6-32-23(14)42-24(29,30)31)21-20(40)18(19(39)15(8-38)41-21)36-7-10(5-33-36)12-2-3-13(26)17(28)16(12)27/h2-7,15,18-21,38-40H,8H2,1H3/t15-,18+,19+,20-,21-/m1/s1. The number of benzene rings is 1. The lowest BCUT2D eigenvalue weighted by molar-refractivity contribution is -0.276. The fraction of sp³-hybridized carbons (Fsp3) is 0.333. The second kappa shape index (κ2) is 11.3. The predicted octanol–water partition coefficient (Wildman–Crippen LogP) is 3.71. The van der Waals surface area contributed by atoms with Gasteiger partial charge in [-0.25, -0.2) is 23.4 Å². The molecule has 1 saturated heterocycles. The molecular formula is C24H19Cl2F5N6O5. The first-order valence-electron chi connectivity index (χ1n) is 11.9. The first-order valence-corrected chi connectivity index (χ1v) is 12.7. The number of ether oxygens (including phenoxy) is 2. The van der Waals surface area contributed by atoms with Gasteiger partial charge in [-0.3, -0.25) is 4.68 Å². The predicted molar refractivity (Wildman–Crippen MR) is 134 cm³/mol. The van der Waals surface area contributed by atoms with Crippen LogP contribution in [0.15, 0.2) is 36.8 Å². The number of hydrogen-bond acceptors (Lipinski definition) is 9. The second-order valence-electron chi connectivity index (χ2n) is 9.14. The first kappa shape index (κ1) is 30.1. The summed E-state index contributed by atoms with van der Waals surface area (Å²) in [6.07, 6.45) is -8.09. The quantitative estimate of drug-likeness (QED) is 0.213. The van der Waals surface area contributed by atoms with Crippen LogP contribution in [0.2, 0.25) is 10.0 Å². The van der Waals surface area contributed by atoms with Crippen LogP contribution in [0.4, 0.5) is 22.0 Å². The Balaban J connectivity index is 1.57. The number of aliphatic hydroxyl groups is 3. The SMILES string of the molecule is Cc1nc([C@@H]2O[C@H](CO)[C@H](O)[C@H](n3cc(-c4ccc(Cl)c(F)c4F)cn3)[C@H]2O)n(-c2cc(Cl)cnc2OC(F)(F)F)n1. The van der Waals surface area contributed by atoms with Gasteiger partial charge in [-0.1, -0.05) is 23.2 Å². The van der Waals surface area contributed by atoms with E-state index >= 15 is 0 Å². The van der Waals surface area contributed by atoms with Crippen LogP contribution in [0.25, 0.3) is 16.8 Å². The summed E-state index contributed by atoms with van der Waals surface area (Å²) < 4.78 is 79.6. The largest absolute Gasteiger partial charge is 0.574 e. The Hall–Kier alpha value is -3.41. The van der Waals surface area contributed by atoms with E-state index in [1.807, 2.05) is 0 Å². The van der Waals surface area contributed by atoms with Gasteiger partial charge < -0.3 is 24.8 Å². The Bertz CT molecular complexity index is 1620. The number of pyridine rings is 1. The van der Waals surface area contributed by atoms with Crippen molar-refractivity contribution in [2.45, 2.75) is 43.7 Å². The zero-order chi connectivity index (χ0) is 30.5. The van der Waals surface area contributed by atoms with E-state index in [1.54, 1.807) is 0 Å². The first-order chi connectivity index (χ1) is 19.8. The fourth-order valence-corrected chi connectivity index (χ4v) is 4.86. The summed E-state index contributed by atoms with van der Waals surface area (Å²) in [5.74, 6) is -3.70. The number of halogens is 7. The average molecular weight is 637 g/mol. The van der Waals surface area contributed by atoms with Gasteiger partial charge in [0.1, 0.15) is 42.0 Å². The van der Waals surface area contributed by atoms with E-state index in [9.17, 15) is 37.3 Å². The Morgan fingerprint density at radius 3 is 2.52 bits per heavy atom. The highest BCUT2D eigenvalue weighted by Gasteiger charge is 2.48. The molecule has 0 saturated carbocycles. The van der Waals surface area contributed by atoms with Gasteiger partial charge in [-0.15, -0.1) is 13.2 Å². The minimum atomic E-state index is -5.13. The molecule has 42 heavy (non-hydrogen) atoms. The lowest BCUT2D eigenvalue weighted by Gasteiger charge is -2.41. The number of aromatic nitrogens is 6. The van der Waals surface area contributed by atoms with Gasteiger partial charge in [0.15, 0.2) is 17.5 Å². The van der Waals surface area contributed by atoms with Crippen LogP contribution in [-0.4, -0.2) is 76.1 Å². The Kier molecular flexibility index (Phi) is 8.12. The van der Waals surface area contributed by atoms with Crippen molar-refractivity contribution in [3.8, 4) is 22.7 Å². The number of aliphatic hydroxyl groups excluding tert-OH is 3. The molecule has 1 aliphatic rings. The van der Waals surface area contributed by atoms with E-state index in [0.29, 0.717) is 0 Å². The number of rotatable bonds is 6. The number of aryl methyl sites for hydroxylation is 1. The third-order valence-corrected chi connectivity index (χ3v) is 6.88. The van der Waals surface area contributed by atoms with E-state index in [0.717, 1.165) is 33.9 Å². The minimum absolute atomic E-state index is 0.0311. The Morgan fingerprint density at radius 1 is 1.10 bits per heavy atom. The van der Waals surface area contributed by atoms with E-state index in [-0.39, 0.29) is 27.8 Å². The summed E-state index contributed by atoms with van der Waals surface area (Å²) in [4.78, 5) is 7.78. The summed E-state index contributed by atoms with van der Waals surface area (Å²) in [6, 6.07) is 2.03. The third kappa shape index (κ3) is 5.65. The van der Waals surface area contributed by atoms with Crippen LogP contribution in [-0.2, 0) is 4.74 Å². The van der Waals surface area contributed by atoms with Crippen molar-refractivity contribution in [2.75, 3.05) is 6.61 Å². The summed E-state index contributed by atoms with van der Waals surface area (Å²) in [5, 5.41) is 40.0. The molecule has 3 aromatic heterocycles. The van der Waals surface area contributed by atoms with E-state index < -0.39 is 71.7 Å². The van der Waals surface area contributed by atoms with Crippen LogP contribution in [0.3, 0.4) is 0 Å². The molecule has 0 spiro atoms. The molecule has 5 atom stereocenters. The van der Waals surface area contributed by atoms with E-state index in [2.05, 4.69) is 24.9 Å². The van der Waals surface area contributed by atoms with Gasteiger partial charge in [-0.05, 0) is 25.1 Å². The molecule has 0 radical (unpaired) electrons. The highest BCUT2D eigenvalue weighted by atomic mass is 35.5. The molecule has 11 nitrogen and oxygen atoms in total. The molecule has 1 fully saturated rings. The molecular weight excluding hydrogens is 618 g/mol. The molecule has 3 N–H and O–H groups in total. The molecule has 5 rings (SSSR count). The lowest BCUT2D eigenvalue weighted by atomic mass is 9.92. The lowest BCUT2D eigenvalue weighted by Crippen LogP contribution is -2.53. The van der Waals surface area contributed by atoms with Crippen LogP contribution in [0, 0.1) is 18.6 Å². The van der Waals surface area contributed by atoms with Crippen LogP contribution in [0.1, 0.15) is 23.8 Å². The smallest absolute Gasteiger partial charge is 0.394 e. The van der Waals surface area contributed by atoms with Gasteiger partial charge in [0.05, 0.1) is 22.8 Å². The molecule has 4 aromatic rings. The van der Waals surface area contributed by atoms with Crippen molar-refractivity contribution in [2.24, 2.45) is 0 Å². The molecule has 4 heterocycles. The van der Waals surface area contributed by atoms with Crippen LogP contribution >= 0.6 is 23.2 Å². The summed E-state index contributed by atoms with van der Waals surface area (Å²) in [5.41, 5.74) is -0.560. The monoisotopic (exact) mass is 636 g/mol. The Morgan fingerprint density at radius 2 is 1.83 bits per heavy atom. The highest BCUT2D eigenvalue weighted by Crippen LogP contribution is 2.40. The Labute approximate surface area is 242 Å². The van der Waals surface area contributed by atoms with Crippen LogP contribution < -0.4 is 4.74 Å². The van der Waals surface area contributed by atoms with Crippen molar-refractivity contribution >= 4 is 23.2 Å². The maximum atomic E-state index is 14.6. The molecule has 18 heteroatoms. The normalized spacial score (nSPS) is 22.9. The van der Waals surface area contributed by atoms with Gasteiger partial charge in [0.25, 0.3) is 0 Å². The van der Waals surface area contributed by atoms with Crippen molar-refractivity contribution in [3.63, 3.8) is 0 Å². The van der Waals surface area contributed by atoms with E-state index in [4.69, 9.17) is 27.9 Å². The molecule has 224 valence electrons. The van der Waals surface area contributed by atoms with Crippen molar-refractivity contribution in [1.29, 1.82) is 0 Å². The van der Waals surface area contributed by atoms with Crippen molar-refractivity contribution in [1.82, 2.24) is 29.5 Å². The zero-order valence-electron chi connectivity index (χ0n) is 21.0. The van der Waals surface area contributed by atoms with Crippen molar-refractivity contribution in [3.05, 3.63) is 70.1 Å². The van der Waals surface area contributed by atoms with Gasteiger partial charge in [0, 0.05) is 23.5 Å². The molecule has 0 aliphatic carbocycles. The number of alkyl halides is 3. The zero-order valence-corrected chi connectivity index (χ0v) is 22.6. The molecule has 0 amide bonds. The molecule has 1 aliphatic heterocycles. The third-order valence-electron chi connectivity index (χ3n) is 6.38. The van der Waals surface area contributed by atoms with E-state index in [1.165, 1.54) is 19.2 Å².